The van der Waals surface area contributed by atoms with E-state index >= 15 is 0 Å². The van der Waals surface area contributed by atoms with Crippen molar-refractivity contribution in [2.75, 3.05) is 13.1 Å². The van der Waals surface area contributed by atoms with Crippen LogP contribution in [0.3, 0.4) is 0 Å². The predicted octanol–water partition coefficient (Wildman–Crippen LogP) is 2.01. The van der Waals surface area contributed by atoms with Crippen molar-refractivity contribution in [3.8, 4) is 0 Å². The maximum absolute atomic E-state index is 12.6. The largest absolute Gasteiger partial charge is 0.393 e. The lowest BCUT2D eigenvalue weighted by Crippen LogP contribution is -2.31. The maximum atomic E-state index is 12.6. The van der Waals surface area contributed by atoms with Gasteiger partial charge in [-0.15, -0.1) is 0 Å². The number of carbonyl (C=O) groups excluding carboxylic acids is 1. The van der Waals surface area contributed by atoms with Crippen molar-refractivity contribution >= 4 is 16.8 Å². The van der Waals surface area contributed by atoms with E-state index in [2.05, 4.69) is 4.98 Å². The average Bonchev–Trinajstić information content (AvgIpc) is 3.14. The molecule has 0 radical (unpaired) electrons. The lowest BCUT2D eigenvalue weighted by molar-refractivity contribution is 0.0752. The van der Waals surface area contributed by atoms with E-state index in [1.807, 2.05) is 35.4 Å². The van der Waals surface area contributed by atoms with Crippen molar-refractivity contribution in [3.05, 3.63) is 36.0 Å². The van der Waals surface area contributed by atoms with Gasteiger partial charge in [0.05, 0.1) is 6.10 Å². The molecule has 2 heterocycles. The highest BCUT2D eigenvalue weighted by Crippen LogP contribution is 2.38. The summed E-state index contributed by atoms with van der Waals surface area (Å²) < 4.78 is 0. The van der Waals surface area contributed by atoms with E-state index in [0.29, 0.717) is 12.5 Å². The molecule has 4 rings (SSSR count). The van der Waals surface area contributed by atoms with E-state index < -0.39 is 0 Å². The zero-order chi connectivity index (χ0) is 13.7. The molecule has 1 aliphatic carbocycles. The van der Waals surface area contributed by atoms with Gasteiger partial charge in [-0.05, 0) is 43.0 Å². The Kier molecular flexibility index (Phi) is 2.60. The summed E-state index contributed by atoms with van der Waals surface area (Å²) in [5.41, 5.74) is 1.79. The molecule has 2 aliphatic rings. The van der Waals surface area contributed by atoms with Crippen LogP contribution in [0.15, 0.2) is 30.5 Å². The molecule has 2 aromatic rings. The van der Waals surface area contributed by atoms with Gasteiger partial charge >= 0.3 is 0 Å². The first kappa shape index (κ1) is 12.0. The second-order valence-corrected chi connectivity index (χ2v) is 6.06. The number of benzene rings is 1. The zero-order valence-electron chi connectivity index (χ0n) is 11.2. The smallest absolute Gasteiger partial charge is 0.253 e. The molecule has 1 saturated carbocycles. The molecule has 2 N–H and O–H groups in total. The number of fused-ring (bicyclic) bond motifs is 2. The molecule has 1 amide bonds. The molecule has 0 unspecified atom stereocenters. The Bertz CT molecular complexity index is 663. The Labute approximate surface area is 117 Å². The summed E-state index contributed by atoms with van der Waals surface area (Å²) >= 11 is 0. The van der Waals surface area contributed by atoms with Gasteiger partial charge in [-0.3, -0.25) is 4.79 Å². The van der Waals surface area contributed by atoms with Crippen LogP contribution in [0, 0.1) is 11.8 Å². The topological polar surface area (TPSA) is 56.3 Å². The molecule has 3 atom stereocenters. The van der Waals surface area contributed by atoms with Crippen molar-refractivity contribution in [1.29, 1.82) is 0 Å². The number of aliphatic hydroxyl groups is 1. The van der Waals surface area contributed by atoms with Gasteiger partial charge in [-0.1, -0.05) is 0 Å². The number of amides is 1. The second-order valence-electron chi connectivity index (χ2n) is 6.06. The van der Waals surface area contributed by atoms with Crippen LogP contribution in [0.25, 0.3) is 10.9 Å². The number of hydrogen-bond donors (Lipinski definition) is 2. The number of carbonyl (C=O) groups is 1. The fourth-order valence-corrected chi connectivity index (χ4v) is 3.77. The maximum Gasteiger partial charge on any atom is 0.253 e. The fourth-order valence-electron chi connectivity index (χ4n) is 3.77. The van der Waals surface area contributed by atoms with E-state index in [1.54, 1.807) is 0 Å². The molecule has 20 heavy (non-hydrogen) atoms. The third kappa shape index (κ3) is 1.75. The van der Waals surface area contributed by atoms with Gasteiger partial charge in [0.25, 0.3) is 5.91 Å². The Hall–Kier alpha value is -1.81. The molecular weight excluding hydrogens is 252 g/mol. The van der Waals surface area contributed by atoms with Crippen molar-refractivity contribution < 1.29 is 9.90 Å². The summed E-state index contributed by atoms with van der Waals surface area (Å²) in [4.78, 5) is 17.6. The third-order valence-electron chi connectivity index (χ3n) is 4.91. The van der Waals surface area contributed by atoms with E-state index in [0.717, 1.165) is 35.9 Å². The number of hydrogen-bond acceptors (Lipinski definition) is 2. The van der Waals surface area contributed by atoms with Gasteiger partial charge in [0, 0.05) is 41.7 Å². The van der Waals surface area contributed by atoms with Gasteiger partial charge in [-0.2, -0.15) is 0 Å². The molecule has 1 aromatic carbocycles. The summed E-state index contributed by atoms with van der Waals surface area (Å²) in [6.07, 6.45) is 3.61. The molecule has 0 bridgehead atoms. The summed E-state index contributed by atoms with van der Waals surface area (Å²) in [5.74, 6) is 0.870. The first-order chi connectivity index (χ1) is 9.72. The van der Waals surface area contributed by atoms with Crippen LogP contribution in [0.1, 0.15) is 23.2 Å². The van der Waals surface area contributed by atoms with Crippen LogP contribution in [0.5, 0.6) is 0 Å². The van der Waals surface area contributed by atoms with Gasteiger partial charge in [0.1, 0.15) is 0 Å². The fraction of sp³-hybridized carbons (Fsp3) is 0.438. The highest BCUT2D eigenvalue weighted by molar-refractivity contribution is 5.98. The number of aromatic amines is 1. The lowest BCUT2D eigenvalue weighted by Gasteiger charge is -2.18. The Morgan fingerprint density at radius 2 is 2.15 bits per heavy atom. The van der Waals surface area contributed by atoms with Crippen LogP contribution in [-0.4, -0.2) is 40.1 Å². The number of H-pyrrole nitrogens is 1. The molecule has 1 saturated heterocycles. The van der Waals surface area contributed by atoms with Crippen molar-refractivity contribution in [1.82, 2.24) is 9.88 Å². The van der Waals surface area contributed by atoms with Gasteiger partial charge in [0.15, 0.2) is 0 Å². The van der Waals surface area contributed by atoms with Crippen LogP contribution < -0.4 is 0 Å². The Morgan fingerprint density at radius 1 is 1.25 bits per heavy atom. The molecule has 2 fully saturated rings. The average molecular weight is 270 g/mol. The monoisotopic (exact) mass is 270 g/mol. The number of aliphatic hydroxyl groups excluding tert-OH is 1. The predicted molar refractivity (Wildman–Crippen MR) is 76.4 cm³/mol. The summed E-state index contributed by atoms with van der Waals surface area (Å²) in [5, 5.41) is 11.0. The van der Waals surface area contributed by atoms with Crippen molar-refractivity contribution in [3.63, 3.8) is 0 Å². The Morgan fingerprint density at radius 3 is 3.00 bits per heavy atom. The standard InChI is InChI=1S/C16H18N2O2/c19-15-4-2-12-8-18(9-13(12)15)16(20)11-1-3-14-10(7-11)5-6-17-14/h1,3,5-7,12-13,15,17,19H,2,4,8-9H2/t12-,13+,15-/m1/s1. The number of likely N-dealkylation sites (tertiary alicyclic amines) is 1. The highest BCUT2D eigenvalue weighted by Gasteiger charge is 2.43. The SMILES string of the molecule is O=C(c1ccc2[nH]ccc2c1)N1C[C@H]2CC[C@@H](O)[C@H]2C1. The minimum Gasteiger partial charge on any atom is -0.393 e. The summed E-state index contributed by atoms with van der Waals surface area (Å²) in [6.45, 7) is 1.50. The third-order valence-corrected chi connectivity index (χ3v) is 4.91. The number of nitrogens with one attached hydrogen (secondary N) is 1. The molecule has 0 spiro atoms. The number of nitrogens with zero attached hydrogens (tertiary/aromatic N) is 1. The molecule has 104 valence electrons. The minimum atomic E-state index is -0.218. The van der Waals surface area contributed by atoms with Gasteiger partial charge < -0.3 is 15.0 Å². The van der Waals surface area contributed by atoms with Gasteiger partial charge in [0.2, 0.25) is 0 Å². The highest BCUT2D eigenvalue weighted by atomic mass is 16.3. The first-order valence-electron chi connectivity index (χ1n) is 7.27. The van der Waals surface area contributed by atoms with Crippen LogP contribution in [-0.2, 0) is 0 Å². The molecule has 4 nitrogen and oxygen atoms in total. The van der Waals surface area contributed by atoms with E-state index in [-0.39, 0.29) is 17.9 Å². The van der Waals surface area contributed by atoms with E-state index in [4.69, 9.17) is 0 Å². The van der Waals surface area contributed by atoms with Crippen LogP contribution in [0.4, 0.5) is 0 Å². The van der Waals surface area contributed by atoms with Crippen molar-refractivity contribution in [2.24, 2.45) is 11.8 Å². The zero-order valence-corrected chi connectivity index (χ0v) is 11.2. The molecule has 1 aliphatic heterocycles. The molecule has 1 aromatic heterocycles. The molecule has 4 heteroatoms. The van der Waals surface area contributed by atoms with Crippen LogP contribution in [0.2, 0.25) is 0 Å². The van der Waals surface area contributed by atoms with Gasteiger partial charge in [-0.25, -0.2) is 0 Å². The van der Waals surface area contributed by atoms with Crippen LogP contribution >= 0.6 is 0 Å². The minimum absolute atomic E-state index is 0.0923. The van der Waals surface area contributed by atoms with E-state index in [9.17, 15) is 9.90 Å². The second kappa shape index (κ2) is 4.35. The summed E-state index contributed by atoms with van der Waals surface area (Å²) in [6, 6.07) is 7.76. The summed E-state index contributed by atoms with van der Waals surface area (Å²) in [7, 11) is 0. The normalized spacial score (nSPS) is 29.1. The van der Waals surface area contributed by atoms with E-state index in [1.165, 1.54) is 0 Å². The quantitative estimate of drug-likeness (QED) is 0.833. The lowest BCUT2D eigenvalue weighted by atomic mass is 10.00. The van der Waals surface area contributed by atoms with Crippen molar-refractivity contribution in [2.45, 2.75) is 18.9 Å². The molecular formula is C16H18N2O2. The number of aromatic nitrogens is 1. The Balaban J connectivity index is 1.58. The number of rotatable bonds is 1. The first-order valence-corrected chi connectivity index (χ1v) is 7.27.